The first kappa shape index (κ1) is 24.9. The second-order valence-electron chi connectivity index (χ2n) is 9.91. The Hall–Kier alpha value is -2.33. The van der Waals surface area contributed by atoms with Crippen molar-refractivity contribution >= 4 is 23.7 Å². The molecule has 0 aromatic heterocycles. The normalized spacial score (nSPS) is 26.4. The summed E-state index contributed by atoms with van der Waals surface area (Å²) in [5.41, 5.74) is -1.28. The maximum absolute atomic E-state index is 13.3. The first-order valence-electron chi connectivity index (χ1n) is 10.0. The number of piperidine rings is 1. The number of amides is 3. The van der Waals surface area contributed by atoms with Gasteiger partial charge in [0, 0.05) is 6.54 Å². The third kappa shape index (κ3) is 4.79. The average molecular weight is 449 g/mol. The molecule has 0 spiro atoms. The maximum Gasteiger partial charge on any atom is 0.471 e. The van der Waals surface area contributed by atoms with Gasteiger partial charge in [-0.15, -0.1) is 0 Å². The summed E-state index contributed by atoms with van der Waals surface area (Å²) < 4.78 is 43.1. The molecule has 3 amide bonds. The highest BCUT2D eigenvalue weighted by molar-refractivity contribution is 5.95. The Kier molecular flexibility index (Phi) is 6.42. The fourth-order valence-electron chi connectivity index (χ4n) is 4.38. The Morgan fingerprint density at radius 2 is 1.65 bits per heavy atom. The summed E-state index contributed by atoms with van der Waals surface area (Å²) in [6.45, 7) is 10.1. The van der Waals surface area contributed by atoms with E-state index in [-0.39, 0.29) is 23.8 Å². The molecule has 0 radical (unpaired) electrons. The standard InChI is InChI=1S/C20H30F3N3O5/c1-9(16(29)31-7)24-14(27)12-11-10(19(11,5)6)8-26(12)15(28)13(18(2,3)4)25-17(30)20(21,22)23/h9-13H,8H2,1-7H3,(H,24,27)(H,25,30)/t9-,10-,11-,12-,13+/m0/s1. The molecular formula is C20H30F3N3O5. The Balaban J connectivity index is 2.30. The molecule has 1 saturated heterocycles. The number of alkyl halides is 3. The quantitative estimate of drug-likeness (QED) is 0.615. The topological polar surface area (TPSA) is 105 Å². The van der Waals surface area contributed by atoms with Crippen LogP contribution in [-0.2, 0) is 23.9 Å². The number of esters is 1. The summed E-state index contributed by atoms with van der Waals surface area (Å²) in [6, 6.07) is -3.42. The average Bonchev–Trinajstić information content (AvgIpc) is 2.98. The molecule has 1 saturated carbocycles. The van der Waals surface area contributed by atoms with Crippen LogP contribution in [-0.4, -0.2) is 66.5 Å². The van der Waals surface area contributed by atoms with Gasteiger partial charge in [-0.3, -0.25) is 14.4 Å². The number of likely N-dealkylation sites (tertiary alicyclic amines) is 1. The minimum Gasteiger partial charge on any atom is -0.467 e. The van der Waals surface area contributed by atoms with Crippen LogP contribution in [0.15, 0.2) is 0 Å². The zero-order chi connectivity index (χ0) is 24.1. The van der Waals surface area contributed by atoms with Crippen molar-refractivity contribution in [3.05, 3.63) is 0 Å². The summed E-state index contributed by atoms with van der Waals surface area (Å²) in [5.74, 6) is -4.45. The third-order valence-corrected chi connectivity index (χ3v) is 6.32. The van der Waals surface area contributed by atoms with Crippen molar-refractivity contribution < 1.29 is 37.1 Å². The lowest BCUT2D eigenvalue weighted by atomic mass is 9.85. The lowest BCUT2D eigenvalue weighted by Crippen LogP contribution is -2.61. The summed E-state index contributed by atoms with van der Waals surface area (Å²) in [6.07, 6.45) is -5.15. The van der Waals surface area contributed by atoms with Gasteiger partial charge in [0.05, 0.1) is 7.11 Å². The number of carbonyl (C=O) groups excluding carboxylic acids is 4. The highest BCUT2D eigenvalue weighted by Gasteiger charge is 2.70. The Morgan fingerprint density at radius 3 is 2.10 bits per heavy atom. The van der Waals surface area contributed by atoms with Crippen LogP contribution in [0.2, 0.25) is 0 Å². The van der Waals surface area contributed by atoms with E-state index in [2.05, 4.69) is 10.1 Å². The van der Waals surface area contributed by atoms with Crippen molar-refractivity contribution in [3.8, 4) is 0 Å². The van der Waals surface area contributed by atoms with Crippen LogP contribution in [0.3, 0.4) is 0 Å². The molecule has 2 fully saturated rings. The number of halogens is 3. The molecule has 0 aromatic rings. The van der Waals surface area contributed by atoms with Gasteiger partial charge in [0.15, 0.2) is 0 Å². The zero-order valence-electron chi connectivity index (χ0n) is 18.7. The number of carbonyl (C=O) groups is 4. The fourth-order valence-corrected chi connectivity index (χ4v) is 4.38. The zero-order valence-corrected chi connectivity index (χ0v) is 18.7. The Morgan fingerprint density at radius 1 is 1.10 bits per heavy atom. The molecule has 1 heterocycles. The highest BCUT2D eigenvalue weighted by Crippen LogP contribution is 2.65. The first-order valence-corrected chi connectivity index (χ1v) is 10.0. The number of hydrogen-bond donors (Lipinski definition) is 2. The molecule has 176 valence electrons. The van der Waals surface area contributed by atoms with E-state index in [0.29, 0.717) is 0 Å². The minimum absolute atomic E-state index is 0.0143. The second-order valence-corrected chi connectivity index (χ2v) is 9.91. The number of ether oxygens (including phenoxy) is 1. The largest absolute Gasteiger partial charge is 0.471 e. The molecule has 5 atom stereocenters. The van der Waals surface area contributed by atoms with Crippen LogP contribution in [0.1, 0.15) is 41.5 Å². The van der Waals surface area contributed by atoms with E-state index in [9.17, 15) is 32.3 Å². The Labute approximate surface area is 179 Å². The minimum atomic E-state index is -5.15. The van der Waals surface area contributed by atoms with Crippen LogP contribution in [0.4, 0.5) is 13.2 Å². The van der Waals surface area contributed by atoms with Crippen molar-refractivity contribution in [2.45, 2.75) is 65.8 Å². The molecule has 0 bridgehead atoms. The predicted octanol–water partition coefficient (Wildman–Crippen LogP) is 1.24. The molecule has 31 heavy (non-hydrogen) atoms. The molecule has 2 N–H and O–H groups in total. The Bertz CT molecular complexity index is 775. The molecule has 0 unspecified atom stereocenters. The van der Waals surface area contributed by atoms with Gasteiger partial charge < -0.3 is 20.3 Å². The molecule has 1 aliphatic carbocycles. The lowest BCUT2D eigenvalue weighted by Gasteiger charge is -2.37. The van der Waals surface area contributed by atoms with Crippen molar-refractivity contribution in [2.24, 2.45) is 22.7 Å². The number of hydrogen-bond acceptors (Lipinski definition) is 5. The van der Waals surface area contributed by atoms with Crippen molar-refractivity contribution in [3.63, 3.8) is 0 Å². The third-order valence-electron chi connectivity index (χ3n) is 6.32. The molecular weight excluding hydrogens is 419 g/mol. The summed E-state index contributed by atoms with van der Waals surface area (Å²) >= 11 is 0. The predicted molar refractivity (Wildman–Crippen MR) is 103 cm³/mol. The van der Waals surface area contributed by atoms with E-state index in [1.807, 2.05) is 13.8 Å². The van der Waals surface area contributed by atoms with E-state index in [0.717, 1.165) is 0 Å². The van der Waals surface area contributed by atoms with Gasteiger partial charge in [0.2, 0.25) is 11.8 Å². The van der Waals surface area contributed by atoms with Gasteiger partial charge in [0.25, 0.3) is 0 Å². The van der Waals surface area contributed by atoms with Crippen LogP contribution in [0.25, 0.3) is 0 Å². The van der Waals surface area contributed by atoms with Crippen LogP contribution >= 0.6 is 0 Å². The first-order chi connectivity index (χ1) is 13.9. The SMILES string of the molecule is COC(=O)[C@H](C)NC(=O)[C@@H]1[C@@H]2[C@H](CN1C(=O)[C@@H](NC(=O)C(F)(F)F)C(C)(C)C)C2(C)C. The van der Waals surface area contributed by atoms with E-state index < -0.39 is 53.4 Å². The van der Waals surface area contributed by atoms with E-state index in [1.165, 1.54) is 39.7 Å². The number of fused-ring (bicyclic) bond motifs is 1. The van der Waals surface area contributed by atoms with E-state index in [4.69, 9.17) is 0 Å². The number of nitrogens with one attached hydrogen (secondary N) is 2. The van der Waals surface area contributed by atoms with Gasteiger partial charge in [-0.05, 0) is 29.6 Å². The van der Waals surface area contributed by atoms with Gasteiger partial charge in [0.1, 0.15) is 18.1 Å². The van der Waals surface area contributed by atoms with Crippen LogP contribution in [0, 0.1) is 22.7 Å². The second kappa shape index (κ2) is 7.98. The van der Waals surface area contributed by atoms with E-state index >= 15 is 0 Å². The van der Waals surface area contributed by atoms with Crippen LogP contribution < -0.4 is 10.6 Å². The van der Waals surface area contributed by atoms with Gasteiger partial charge in [-0.1, -0.05) is 34.6 Å². The molecule has 1 aliphatic heterocycles. The lowest BCUT2D eigenvalue weighted by molar-refractivity contribution is -0.176. The summed E-state index contributed by atoms with van der Waals surface area (Å²) in [4.78, 5) is 50.7. The highest BCUT2D eigenvalue weighted by atomic mass is 19.4. The summed E-state index contributed by atoms with van der Waals surface area (Å²) in [5, 5.41) is 4.31. The van der Waals surface area contributed by atoms with E-state index in [1.54, 1.807) is 5.32 Å². The molecule has 11 heteroatoms. The van der Waals surface area contributed by atoms with Crippen molar-refractivity contribution in [1.29, 1.82) is 0 Å². The van der Waals surface area contributed by atoms with Crippen molar-refractivity contribution in [1.82, 2.24) is 15.5 Å². The molecule has 2 rings (SSSR count). The van der Waals surface area contributed by atoms with Crippen LogP contribution in [0.5, 0.6) is 0 Å². The number of rotatable bonds is 5. The fraction of sp³-hybridized carbons (Fsp3) is 0.800. The van der Waals surface area contributed by atoms with Gasteiger partial charge in [-0.2, -0.15) is 13.2 Å². The number of nitrogens with zero attached hydrogens (tertiary/aromatic N) is 1. The number of methoxy groups -OCH3 is 1. The molecule has 2 aliphatic rings. The van der Waals surface area contributed by atoms with Crippen molar-refractivity contribution in [2.75, 3.05) is 13.7 Å². The van der Waals surface area contributed by atoms with Gasteiger partial charge in [-0.25, -0.2) is 4.79 Å². The smallest absolute Gasteiger partial charge is 0.467 e. The van der Waals surface area contributed by atoms with Gasteiger partial charge >= 0.3 is 18.1 Å². The molecule has 8 nitrogen and oxygen atoms in total. The summed E-state index contributed by atoms with van der Waals surface area (Å²) in [7, 11) is 1.17. The molecule has 0 aromatic carbocycles. The monoisotopic (exact) mass is 449 g/mol. The maximum atomic E-state index is 13.3.